The van der Waals surface area contributed by atoms with E-state index in [1.165, 1.54) is 13.4 Å². The first-order valence-corrected chi connectivity index (χ1v) is 7.59. The van der Waals surface area contributed by atoms with Crippen molar-refractivity contribution in [1.82, 2.24) is 19.7 Å². The van der Waals surface area contributed by atoms with E-state index in [9.17, 15) is 4.79 Å². The Morgan fingerprint density at radius 1 is 1.24 bits per heavy atom. The third-order valence-corrected chi connectivity index (χ3v) is 3.66. The Kier molecular flexibility index (Phi) is 4.34. The minimum Gasteiger partial charge on any atom is -0.465 e. The number of esters is 1. The second-order valence-corrected chi connectivity index (χ2v) is 5.46. The first-order valence-electron chi connectivity index (χ1n) is 7.59. The van der Waals surface area contributed by atoms with Crippen LogP contribution < -0.4 is 11.1 Å². The first-order chi connectivity index (χ1) is 12.0. The molecule has 3 aromatic rings. The summed E-state index contributed by atoms with van der Waals surface area (Å²) < 4.78 is 6.46. The number of hydrogen-bond donors (Lipinski definition) is 2. The van der Waals surface area contributed by atoms with E-state index in [0.29, 0.717) is 28.6 Å². The van der Waals surface area contributed by atoms with E-state index >= 15 is 0 Å². The number of carbonyl (C=O) groups is 1. The predicted molar refractivity (Wildman–Crippen MR) is 94.1 cm³/mol. The molecular weight excluding hydrogens is 320 g/mol. The lowest BCUT2D eigenvalue weighted by atomic mass is 10.2. The fraction of sp³-hybridized carbons (Fsp3) is 0.176. The molecule has 0 saturated carbocycles. The van der Waals surface area contributed by atoms with Gasteiger partial charge in [-0.2, -0.15) is 5.10 Å². The number of anilines is 3. The van der Waals surface area contributed by atoms with Gasteiger partial charge in [0.2, 0.25) is 0 Å². The molecule has 8 nitrogen and oxygen atoms in total. The van der Waals surface area contributed by atoms with Crippen molar-refractivity contribution in [3.63, 3.8) is 0 Å². The number of carbonyl (C=O) groups excluding carboxylic acids is 1. The molecule has 2 heterocycles. The molecule has 2 aromatic heterocycles. The van der Waals surface area contributed by atoms with E-state index in [2.05, 4.69) is 20.4 Å². The molecule has 0 aliphatic carbocycles. The number of methoxy groups -OCH3 is 1. The van der Waals surface area contributed by atoms with Crippen LogP contribution in [0.4, 0.5) is 17.2 Å². The third kappa shape index (κ3) is 3.14. The molecule has 3 N–H and O–H groups in total. The molecule has 8 heteroatoms. The van der Waals surface area contributed by atoms with Gasteiger partial charge in [0, 0.05) is 5.69 Å². The van der Waals surface area contributed by atoms with Gasteiger partial charge in [0.15, 0.2) is 11.6 Å². The van der Waals surface area contributed by atoms with E-state index in [4.69, 9.17) is 10.5 Å². The Morgan fingerprint density at radius 2 is 2.00 bits per heavy atom. The first kappa shape index (κ1) is 16.4. The van der Waals surface area contributed by atoms with Crippen molar-refractivity contribution in [2.75, 3.05) is 18.2 Å². The Bertz CT molecular complexity index is 935. The van der Waals surface area contributed by atoms with Crippen LogP contribution in [-0.2, 0) is 4.74 Å². The maximum Gasteiger partial charge on any atom is 0.339 e. The van der Waals surface area contributed by atoms with Crippen molar-refractivity contribution in [3.8, 4) is 5.82 Å². The minimum atomic E-state index is -0.450. The van der Waals surface area contributed by atoms with Gasteiger partial charge in [0.25, 0.3) is 0 Å². The zero-order valence-corrected chi connectivity index (χ0v) is 14.1. The van der Waals surface area contributed by atoms with Crippen molar-refractivity contribution >= 4 is 23.2 Å². The molecule has 0 aliphatic heterocycles. The van der Waals surface area contributed by atoms with Gasteiger partial charge in [-0.05, 0) is 32.0 Å². The maximum atomic E-state index is 11.9. The number of rotatable bonds is 4. The van der Waals surface area contributed by atoms with Crippen LogP contribution in [0, 0.1) is 13.8 Å². The van der Waals surface area contributed by atoms with Gasteiger partial charge >= 0.3 is 5.97 Å². The second-order valence-electron chi connectivity index (χ2n) is 5.46. The highest BCUT2D eigenvalue weighted by Crippen LogP contribution is 2.27. The number of aromatic nitrogens is 4. The molecule has 0 fully saturated rings. The number of hydrogen-bond acceptors (Lipinski definition) is 7. The largest absolute Gasteiger partial charge is 0.465 e. The van der Waals surface area contributed by atoms with Crippen LogP contribution in [0.25, 0.3) is 5.82 Å². The fourth-order valence-electron chi connectivity index (χ4n) is 2.51. The van der Waals surface area contributed by atoms with Crippen LogP contribution in [0.2, 0.25) is 0 Å². The SMILES string of the molecule is COC(=O)c1ccccc1Nc1ncnc(-n2nc(C)cc2C)c1N. The van der Waals surface area contributed by atoms with Crippen molar-refractivity contribution in [1.29, 1.82) is 0 Å². The smallest absolute Gasteiger partial charge is 0.339 e. The third-order valence-electron chi connectivity index (χ3n) is 3.66. The molecule has 3 rings (SSSR count). The topological polar surface area (TPSA) is 108 Å². The molecule has 0 atom stereocenters. The molecular formula is C17H18N6O2. The molecule has 1 aromatic carbocycles. The Balaban J connectivity index is 2.02. The Hall–Kier alpha value is -3.42. The second kappa shape index (κ2) is 6.60. The van der Waals surface area contributed by atoms with Crippen LogP contribution in [0.15, 0.2) is 36.7 Å². The minimum absolute atomic E-state index is 0.327. The summed E-state index contributed by atoms with van der Waals surface area (Å²) in [5.74, 6) is 0.405. The summed E-state index contributed by atoms with van der Waals surface area (Å²) >= 11 is 0. The molecule has 0 radical (unpaired) electrons. The van der Waals surface area contributed by atoms with Crippen LogP contribution >= 0.6 is 0 Å². The number of nitrogens with one attached hydrogen (secondary N) is 1. The average Bonchev–Trinajstić information content (AvgIpc) is 2.94. The number of nitrogen functional groups attached to an aromatic ring is 1. The van der Waals surface area contributed by atoms with Crippen molar-refractivity contribution in [2.45, 2.75) is 13.8 Å². The highest BCUT2D eigenvalue weighted by atomic mass is 16.5. The van der Waals surface area contributed by atoms with E-state index < -0.39 is 5.97 Å². The average molecular weight is 338 g/mol. The highest BCUT2D eigenvalue weighted by molar-refractivity contribution is 5.96. The van der Waals surface area contributed by atoms with E-state index in [1.54, 1.807) is 28.9 Å². The van der Waals surface area contributed by atoms with Crippen molar-refractivity contribution in [2.24, 2.45) is 0 Å². The molecule has 128 valence electrons. The lowest BCUT2D eigenvalue weighted by Crippen LogP contribution is -2.11. The zero-order valence-electron chi connectivity index (χ0n) is 14.1. The molecule has 0 spiro atoms. The summed E-state index contributed by atoms with van der Waals surface area (Å²) in [4.78, 5) is 20.3. The number of nitrogens with zero attached hydrogens (tertiary/aromatic N) is 4. The molecule has 25 heavy (non-hydrogen) atoms. The number of para-hydroxylation sites is 1. The number of benzene rings is 1. The lowest BCUT2D eigenvalue weighted by Gasteiger charge is -2.13. The molecule has 0 saturated heterocycles. The van der Waals surface area contributed by atoms with Crippen LogP contribution in [0.1, 0.15) is 21.7 Å². The number of ether oxygens (including phenoxy) is 1. The van der Waals surface area contributed by atoms with Crippen molar-refractivity contribution < 1.29 is 9.53 Å². The summed E-state index contributed by atoms with van der Waals surface area (Å²) in [7, 11) is 1.33. The molecule has 0 amide bonds. The van der Waals surface area contributed by atoms with Gasteiger partial charge < -0.3 is 15.8 Å². The van der Waals surface area contributed by atoms with Gasteiger partial charge in [-0.3, -0.25) is 0 Å². The summed E-state index contributed by atoms with van der Waals surface area (Å²) in [5.41, 5.74) is 9.26. The monoisotopic (exact) mass is 338 g/mol. The van der Waals surface area contributed by atoms with Crippen molar-refractivity contribution in [3.05, 3.63) is 53.6 Å². The van der Waals surface area contributed by atoms with Crippen LogP contribution in [0.3, 0.4) is 0 Å². The number of aryl methyl sites for hydroxylation is 2. The summed E-state index contributed by atoms with van der Waals surface area (Å²) in [6.45, 7) is 3.81. The number of nitrogens with two attached hydrogens (primary N) is 1. The lowest BCUT2D eigenvalue weighted by molar-refractivity contribution is 0.0602. The van der Waals surface area contributed by atoms with Gasteiger partial charge in [-0.15, -0.1) is 0 Å². The predicted octanol–water partition coefficient (Wildman–Crippen LogP) is 2.39. The normalized spacial score (nSPS) is 10.5. The zero-order chi connectivity index (χ0) is 18.0. The van der Waals surface area contributed by atoms with Gasteiger partial charge in [-0.25, -0.2) is 19.4 Å². The quantitative estimate of drug-likeness (QED) is 0.703. The van der Waals surface area contributed by atoms with E-state index in [1.807, 2.05) is 19.9 Å². The van der Waals surface area contributed by atoms with E-state index in [0.717, 1.165) is 11.4 Å². The fourth-order valence-corrected chi connectivity index (χ4v) is 2.51. The van der Waals surface area contributed by atoms with Gasteiger partial charge in [-0.1, -0.05) is 12.1 Å². The molecule has 0 unspecified atom stereocenters. The highest BCUT2D eigenvalue weighted by Gasteiger charge is 2.16. The standard InChI is InChI=1S/C17H18N6O2/c1-10-8-11(2)23(22-10)16-14(18)15(19-9-20-16)21-13-7-5-4-6-12(13)17(24)25-3/h4-9H,18H2,1-3H3,(H,19,20,21). The summed E-state index contributed by atoms with van der Waals surface area (Å²) in [6.07, 6.45) is 1.39. The summed E-state index contributed by atoms with van der Waals surface area (Å²) in [5, 5.41) is 7.47. The summed E-state index contributed by atoms with van der Waals surface area (Å²) in [6, 6.07) is 8.89. The maximum absolute atomic E-state index is 11.9. The van der Waals surface area contributed by atoms with Gasteiger partial charge in [0.05, 0.1) is 24.1 Å². The van der Waals surface area contributed by atoms with E-state index in [-0.39, 0.29) is 0 Å². The van der Waals surface area contributed by atoms with Gasteiger partial charge in [0.1, 0.15) is 12.0 Å². The molecule has 0 bridgehead atoms. The Labute approximate surface area is 144 Å². The molecule has 0 aliphatic rings. The Morgan fingerprint density at radius 3 is 2.68 bits per heavy atom. The van der Waals surface area contributed by atoms with Crippen LogP contribution in [0.5, 0.6) is 0 Å². The van der Waals surface area contributed by atoms with Crippen LogP contribution in [-0.4, -0.2) is 32.8 Å².